The van der Waals surface area contributed by atoms with Gasteiger partial charge in [-0.25, -0.2) is 0 Å². The fraction of sp³-hybridized carbons (Fsp3) is 0.333. The van der Waals surface area contributed by atoms with Crippen LogP contribution >= 0.6 is 0 Å². The van der Waals surface area contributed by atoms with Crippen LogP contribution < -0.4 is 10.6 Å². The van der Waals surface area contributed by atoms with Crippen LogP contribution in [0.5, 0.6) is 11.5 Å². The van der Waals surface area contributed by atoms with E-state index in [4.69, 9.17) is 0 Å². The van der Waals surface area contributed by atoms with Crippen molar-refractivity contribution in [2.24, 2.45) is 0 Å². The lowest BCUT2D eigenvalue weighted by molar-refractivity contribution is 0.461. The average Bonchev–Trinajstić information content (AvgIpc) is 2.53. The molecule has 0 aliphatic heterocycles. The summed E-state index contributed by atoms with van der Waals surface area (Å²) in [6.45, 7) is 3.23. The van der Waals surface area contributed by atoms with Gasteiger partial charge in [0.05, 0.1) is 0 Å². The molecule has 0 heterocycles. The van der Waals surface area contributed by atoms with Crippen molar-refractivity contribution in [3.05, 3.63) is 59.7 Å². The van der Waals surface area contributed by atoms with Crippen molar-refractivity contribution in [3.63, 3.8) is 0 Å². The molecule has 0 aliphatic rings. The Morgan fingerprint density at radius 2 is 1.05 bits per heavy atom. The van der Waals surface area contributed by atoms with Crippen LogP contribution in [-0.2, 0) is 13.1 Å². The fourth-order valence-electron chi connectivity index (χ4n) is 2.27. The summed E-state index contributed by atoms with van der Waals surface area (Å²) in [5.41, 5.74) is 1.86. The number of rotatable bonds is 9. The van der Waals surface area contributed by atoms with E-state index in [1.807, 2.05) is 36.4 Å². The number of aromatic hydroxyl groups is 2. The summed E-state index contributed by atoms with van der Waals surface area (Å²) in [7, 11) is 0. The summed E-state index contributed by atoms with van der Waals surface area (Å²) in [5, 5.41) is 26.0. The summed E-state index contributed by atoms with van der Waals surface area (Å²) in [5.74, 6) is 0.693. The van der Waals surface area contributed by atoms with E-state index in [-0.39, 0.29) is 0 Å². The minimum atomic E-state index is 0.347. The molecule has 0 fully saturated rings. The van der Waals surface area contributed by atoms with Gasteiger partial charge < -0.3 is 20.8 Å². The zero-order chi connectivity index (χ0) is 15.6. The second kappa shape index (κ2) is 9.07. The third-order valence-electron chi connectivity index (χ3n) is 3.57. The maximum Gasteiger partial charge on any atom is 0.120 e. The average molecular weight is 300 g/mol. The van der Waals surface area contributed by atoms with Gasteiger partial charge in [-0.05, 0) is 38.1 Å². The third-order valence-corrected chi connectivity index (χ3v) is 3.57. The number of phenols is 2. The van der Waals surface area contributed by atoms with E-state index in [1.54, 1.807) is 12.1 Å². The first-order valence-corrected chi connectivity index (χ1v) is 7.72. The number of hydrogen-bond donors (Lipinski definition) is 4. The molecule has 0 aliphatic carbocycles. The van der Waals surface area contributed by atoms with Crippen molar-refractivity contribution >= 4 is 0 Å². The van der Waals surface area contributed by atoms with Gasteiger partial charge in [0.25, 0.3) is 0 Å². The minimum Gasteiger partial charge on any atom is -0.508 e. The quantitative estimate of drug-likeness (QED) is 0.538. The number of nitrogens with one attached hydrogen (secondary N) is 2. The molecule has 4 N–H and O–H groups in total. The van der Waals surface area contributed by atoms with E-state index >= 15 is 0 Å². The van der Waals surface area contributed by atoms with Crippen LogP contribution in [0.15, 0.2) is 48.5 Å². The summed E-state index contributed by atoms with van der Waals surface area (Å²) in [6.07, 6.45) is 2.14. The van der Waals surface area contributed by atoms with Gasteiger partial charge >= 0.3 is 0 Å². The van der Waals surface area contributed by atoms with Gasteiger partial charge in [0.2, 0.25) is 0 Å². The lowest BCUT2D eigenvalue weighted by atomic mass is 10.2. The van der Waals surface area contributed by atoms with Crippen LogP contribution in [0.4, 0.5) is 0 Å². The zero-order valence-electron chi connectivity index (χ0n) is 12.8. The molecule has 0 bridgehead atoms. The third kappa shape index (κ3) is 5.39. The first-order valence-electron chi connectivity index (χ1n) is 7.72. The molecule has 2 rings (SSSR count). The van der Waals surface area contributed by atoms with Crippen LogP contribution in [-0.4, -0.2) is 23.3 Å². The maximum atomic E-state index is 9.64. The smallest absolute Gasteiger partial charge is 0.120 e. The molecule has 0 unspecified atom stereocenters. The van der Waals surface area contributed by atoms with E-state index in [0.717, 1.165) is 37.1 Å². The first kappa shape index (κ1) is 16.3. The fourth-order valence-corrected chi connectivity index (χ4v) is 2.27. The molecule has 118 valence electrons. The highest BCUT2D eigenvalue weighted by Gasteiger charge is 1.99. The van der Waals surface area contributed by atoms with Crippen molar-refractivity contribution < 1.29 is 10.2 Å². The molecule has 4 nitrogen and oxygen atoms in total. The SMILES string of the molecule is Oc1ccccc1CNCCCCNCc1ccccc1O. The molecule has 0 spiro atoms. The van der Waals surface area contributed by atoms with Crippen LogP contribution in [0, 0.1) is 0 Å². The first-order chi connectivity index (χ1) is 10.8. The highest BCUT2D eigenvalue weighted by atomic mass is 16.3. The Bertz CT molecular complexity index is 521. The van der Waals surface area contributed by atoms with Crippen molar-refractivity contribution in [1.82, 2.24) is 10.6 Å². The summed E-state index contributed by atoms with van der Waals surface area (Å²) >= 11 is 0. The zero-order valence-corrected chi connectivity index (χ0v) is 12.8. The highest BCUT2D eigenvalue weighted by Crippen LogP contribution is 2.15. The molecule has 0 saturated carbocycles. The molecule has 2 aromatic rings. The summed E-state index contributed by atoms with van der Waals surface area (Å²) in [4.78, 5) is 0. The van der Waals surface area contributed by atoms with Gasteiger partial charge in [0.1, 0.15) is 11.5 Å². The van der Waals surface area contributed by atoms with E-state index in [2.05, 4.69) is 10.6 Å². The predicted molar refractivity (Wildman–Crippen MR) is 88.9 cm³/mol. The lowest BCUT2D eigenvalue weighted by Crippen LogP contribution is -2.18. The predicted octanol–water partition coefficient (Wildman–Crippen LogP) is 2.76. The number of benzene rings is 2. The Kier molecular flexibility index (Phi) is 6.74. The van der Waals surface area contributed by atoms with Gasteiger partial charge in [0.15, 0.2) is 0 Å². The Hall–Kier alpha value is -2.04. The largest absolute Gasteiger partial charge is 0.508 e. The second-order valence-electron chi connectivity index (χ2n) is 5.32. The Labute approximate surface area is 131 Å². The summed E-state index contributed by atoms with van der Waals surface area (Å²) in [6, 6.07) is 14.8. The second-order valence-corrected chi connectivity index (χ2v) is 5.32. The molecule has 0 amide bonds. The van der Waals surface area contributed by atoms with E-state index in [1.165, 1.54) is 0 Å². The normalized spacial score (nSPS) is 10.7. The monoisotopic (exact) mass is 300 g/mol. The van der Waals surface area contributed by atoms with E-state index in [0.29, 0.717) is 24.6 Å². The Morgan fingerprint density at radius 1 is 0.636 bits per heavy atom. The van der Waals surface area contributed by atoms with Gasteiger partial charge in [-0.15, -0.1) is 0 Å². The maximum absolute atomic E-state index is 9.64. The van der Waals surface area contributed by atoms with Crippen LogP contribution in [0.1, 0.15) is 24.0 Å². The minimum absolute atomic E-state index is 0.347. The molecule has 0 saturated heterocycles. The molecule has 22 heavy (non-hydrogen) atoms. The number of phenolic OH excluding ortho intramolecular Hbond substituents is 2. The lowest BCUT2D eigenvalue weighted by Gasteiger charge is -2.08. The van der Waals surface area contributed by atoms with Crippen molar-refractivity contribution in [2.75, 3.05) is 13.1 Å². The van der Waals surface area contributed by atoms with Crippen molar-refractivity contribution in [1.29, 1.82) is 0 Å². The van der Waals surface area contributed by atoms with Crippen LogP contribution in [0.3, 0.4) is 0 Å². The molecule has 2 aromatic carbocycles. The number of unbranched alkanes of at least 4 members (excludes halogenated alkanes) is 1. The van der Waals surface area contributed by atoms with Gasteiger partial charge in [-0.1, -0.05) is 36.4 Å². The molecule has 0 atom stereocenters. The number of para-hydroxylation sites is 2. The Morgan fingerprint density at radius 3 is 1.45 bits per heavy atom. The van der Waals surface area contributed by atoms with Crippen molar-refractivity contribution in [2.45, 2.75) is 25.9 Å². The van der Waals surface area contributed by atoms with Gasteiger partial charge in [0, 0.05) is 24.2 Å². The molecule has 0 radical (unpaired) electrons. The van der Waals surface area contributed by atoms with Gasteiger partial charge in [-0.3, -0.25) is 0 Å². The topological polar surface area (TPSA) is 64.5 Å². The Balaban J connectivity index is 1.51. The molecular formula is C18H24N2O2. The summed E-state index contributed by atoms with van der Waals surface area (Å²) < 4.78 is 0. The molecule has 4 heteroatoms. The van der Waals surface area contributed by atoms with E-state index in [9.17, 15) is 10.2 Å². The highest BCUT2D eigenvalue weighted by molar-refractivity contribution is 5.32. The molecule has 0 aromatic heterocycles. The van der Waals surface area contributed by atoms with E-state index < -0.39 is 0 Å². The van der Waals surface area contributed by atoms with Gasteiger partial charge in [-0.2, -0.15) is 0 Å². The standard InChI is InChI=1S/C18H24N2O2/c21-17-9-3-1-7-15(17)13-19-11-5-6-12-20-14-16-8-2-4-10-18(16)22/h1-4,7-10,19-22H,5-6,11-14H2. The molecular weight excluding hydrogens is 276 g/mol. The van der Waals surface area contributed by atoms with Crippen LogP contribution in [0.25, 0.3) is 0 Å². The number of hydrogen-bond acceptors (Lipinski definition) is 4. The van der Waals surface area contributed by atoms with Crippen molar-refractivity contribution in [3.8, 4) is 11.5 Å². The van der Waals surface area contributed by atoms with Crippen LogP contribution in [0.2, 0.25) is 0 Å².